The Balaban J connectivity index is 0.000000208. The zero-order valence-corrected chi connectivity index (χ0v) is 23.0. The average Bonchev–Trinajstić information content (AvgIpc) is 1.82. The number of hydrogen-bond donors (Lipinski definition) is 0. The quantitative estimate of drug-likeness (QED) is 0.210. The molecule has 1 spiro atoms. The van der Waals surface area contributed by atoms with Gasteiger partial charge in [-0.3, -0.25) is 0 Å². The Kier molecular flexibility index (Phi) is 14.0. The van der Waals surface area contributed by atoms with Crippen LogP contribution in [-0.4, -0.2) is 23.0 Å². The minimum atomic E-state index is -1.14. The Morgan fingerprint density at radius 2 is 1.00 bits per heavy atom. The molecule has 0 aromatic heterocycles. The van der Waals surface area contributed by atoms with E-state index in [1.807, 2.05) is 0 Å². The van der Waals surface area contributed by atoms with Crippen LogP contribution in [0.4, 0.5) is 0 Å². The van der Waals surface area contributed by atoms with Gasteiger partial charge in [-0.05, 0) is 23.5 Å². The van der Waals surface area contributed by atoms with Crippen LogP contribution in [-0.2, 0) is 67.7 Å². The van der Waals surface area contributed by atoms with Crippen molar-refractivity contribution in [1.82, 2.24) is 0 Å². The van der Waals surface area contributed by atoms with Crippen LogP contribution < -0.4 is 0 Å². The maximum absolute atomic E-state index is 4.99. The zero-order chi connectivity index (χ0) is 10.2. The van der Waals surface area contributed by atoms with Crippen molar-refractivity contribution in [2.24, 2.45) is 5.41 Å². The second-order valence-electron chi connectivity index (χ2n) is 2.78. The van der Waals surface area contributed by atoms with Crippen molar-refractivity contribution in [2.75, 3.05) is 23.0 Å². The van der Waals surface area contributed by atoms with Crippen LogP contribution in [0.1, 0.15) is 0 Å². The first-order valence-corrected chi connectivity index (χ1v) is 33.4. The molecule has 0 aliphatic carbocycles. The maximum atomic E-state index is 4.99. The molecule has 0 aromatic carbocycles. The van der Waals surface area contributed by atoms with Gasteiger partial charge in [-0.25, -0.2) is 0 Å². The van der Waals surface area contributed by atoms with E-state index in [0.29, 0.717) is 0 Å². The predicted molar refractivity (Wildman–Crippen MR) is 62.8 cm³/mol. The normalized spacial score (nSPS) is 20.0. The van der Waals surface area contributed by atoms with Crippen molar-refractivity contribution in [3.05, 3.63) is 0 Å². The number of halogens is 4. The van der Waals surface area contributed by atoms with Crippen LogP contribution in [0, 0.1) is 5.41 Å². The van der Waals surface area contributed by atoms with Gasteiger partial charge < -0.3 is 0 Å². The van der Waals surface area contributed by atoms with Crippen molar-refractivity contribution >= 4 is 56.5 Å². The van der Waals surface area contributed by atoms with Gasteiger partial charge in [0.2, 0.25) is 0 Å². The molecule has 2 heterocycles. The molecule has 0 bridgehead atoms. The summed E-state index contributed by atoms with van der Waals surface area (Å²) in [6, 6.07) is 0. The average molecular weight is 677 g/mol. The van der Waals surface area contributed by atoms with Crippen LogP contribution in [0.3, 0.4) is 0 Å². The second-order valence-corrected chi connectivity index (χ2v) is 20.7. The van der Waals surface area contributed by atoms with Crippen molar-refractivity contribution < 1.29 is 44.2 Å². The predicted octanol–water partition coefficient (Wildman–Crippen LogP) is 2.38. The molecular formula is C5H10Cl4Hg2S2+2. The molecule has 2 fully saturated rings. The van der Waals surface area contributed by atoms with Gasteiger partial charge >= 0.3 is 77.2 Å². The summed E-state index contributed by atoms with van der Waals surface area (Å²) in [6.45, 7) is 0. The van der Waals surface area contributed by atoms with Crippen molar-refractivity contribution in [2.45, 2.75) is 0 Å². The Hall–Kier alpha value is 3.73. The van der Waals surface area contributed by atoms with E-state index in [9.17, 15) is 0 Å². The summed E-state index contributed by atoms with van der Waals surface area (Å²) in [5.41, 5.74) is 0.920. The molecule has 0 saturated carbocycles. The topological polar surface area (TPSA) is 0 Å². The van der Waals surface area contributed by atoms with Crippen molar-refractivity contribution in [3.63, 3.8) is 0 Å². The fourth-order valence-electron chi connectivity index (χ4n) is 1.06. The summed E-state index contributed by atoms with van der Waals surface area (Å²) in [5.74, 6) is 6.11. The van der Waals surface area contributed by atoms with Crippen LogP contribution in [0.2, 0.25) is 0 Å². The van der Waals surface area contributed by atoms with E-state index < -0.39 is 44.2 Å². The van der Waals surface area contributed by atoms with Crippen LogP contribution >= 0.6 is 33.0 Å². The molecule has 0 N–H and O–H groups in total. The van der Waals surface area contributed by atoms with Gasteiger partial charge in [0.1, 0.15) is 28.4 Å². The van der Waals surface area contributed by atoms with E-state index in [0.717, 1.165) is 5.41 Å². The fraction of sp³-hybridized carbons (Fsp3) is 1.00. The minimum absolute atomic E-state index is 0.920. The molecule has 2 aliphatic heterocycles. The summed E-state index contributed by atoms with van der Waals surface area (Å²) in [7, 11) is 19.9. The number of rotatable bonds is 0. The Morgan fingerprint density at radius 1 is 0.769 bits per heavy atom. The summed E-state index contributed by atoms with van der Waals surface area (Å²) in [4.78, 5) is 0. The third kappa shape index (κ3) is 7.62. The molecule has 0 nitrogen and oxygen atoms in total. The summed E-state index contributed by atoms with van der Waals surface area (Å²) in [5, 5.41) is 0. The van der Waals surface area contributed by atoms with Gasteiger partial charge in [0.25, 0.3) is 0 Å². The van der Waals surface area contributed by atoms with E-state index in [2.05, 4.69) is 0 Å². The Labute approximate surface area is 127 Å². The zero-order valence-electron chi connectivity index (χ0n) is 7.15. The van der Waals surface area contributed by atoms with Gasteiger partial charge in [-0.2, -0.15) is 0 Å². The summed E-state index contributed by atoms with van der Waals surface area (Å²) < 4.78 is 0. The van der Waals surface area contributed by atoms with E-state index in [4.69, 9.17) is 33.0 Å². The first-order chi connectivity index (χ1) is 6.24. The first-order valence-electron chi connectivity index (χ1n) is 3.75. The molecule has 0 aromatic rings. The molecule has 72 valence electrons. The SMILES string of the molecule is C1[SH+]CC12C[SH+]C2.[Cl][Hg][Cl].[Cl][Hg][Cl]. The molecule has 0 radical (unpaired) electrons. The standard InChI is InChI=1S/C5H8S2.4ClH.2Hg/c1-5(2-6-1)3-7-4-5;;;;;;/h1-4H2;4*1H;;/q;;;;;2*+2/p-2. The molecule has 2 aliphatic rings. The van der Waals surface area contributed by atoms with Crippen molar-refractivity contribution in [3.8, 4) is 0 Å². The number of thiol groups is 2. The monoisotopic (exact) mass is 678 g/mol. The van der Waals surface area contributed by atoms with Gasteiger partial charge in [0, 0.05) is 0 Å². The van der Waals surface area contributed by atoms with Crippen LogP contribution in [0.15, 0.2) is 0 Å². The fourth-order valence-corrected chi connectivity index (χ4v) is 4.37. The molecule has 0 amide bonds. The van der Waals surface area contributed by atoms with Gasteiger partial charge in [0.15, 0.2) is 0 Å². The van der Waals surface area contributed by atoms with Gasteiger partial charge in [-0.1, -0.05) is 0 Å². The number of hydrogen-bond acceptors (Lipinski definition) is 0. The van der Waals surface area contributed by atoms with E-state index in [1.54, 1.807) is 23.5 Å². The van der Waals surface area contributed by atoms with E-state index in [1.165, 1.54) is 23.0 Å². The summed E-state index contributed by atoms with van der Waals surface area (Å²) >= 11 is 1.16. The molecule has 2 saturated heterocycles. The Morgan fingerprint density at radius 3 is 1.00 bits per heavy atom. The molecule has 0 atom stereocenters. The molecule has 8 heteroatoms. The molecular weight excluding hydrogens is 667 g/mol. The van der Waals surface area contributed by atoms with E-state index in [-0.39, 0.29) is 0 Å². The summed E-state index contributed by atoms with van der Waals surface area (Å²) in [6.07, 6.45) is 0. The van der Waals surface area contributed by atoms with Crippen LogP contribution in [0.25, 0.3) is 0 Å². The molecule has 13 heavy (non-hydrogen) atoms. The molecule has 2 rings (SSSR count). The van der Waals surface area contributed by atoms with Crippen molar-refractivity contribution in [1.29, 1.82) is 0 Å². The first kappa shape index (κ1) is 16.7. The third-order valence-electron chi connectivity index (χ3n) is 1.79. The Bertz CT molecular complexity index is 104. The second kappa shape index (κ2) is 10.9. The van der Waals surface area contributed by atoms with Gasteiger partial charge in [-0.15, -0.1) is 0 Å². The van der Waals surface area contributed by atoms with E-state index >= 15 is 0 Å². The van der Waals surface area contributed by atoms with Gasteiger partial charge in [0.05, 0.1) is 0 Å². The van der Waals surface area contributed by atoms with Crippen LogP contribution in [0.5, 0.6) is 0 Å². The third-order valence-corrected chi connectivity index (χ3v) is 5.37. The molecule has 0 unspecified atom stereocenters.